The van der Waals surface area contributed by atoms with Crippen molar-refractivity contribution in [3.8, 4) is 0 Å². The SMILES string of the molecule is CC1(C)OB(c2ccc(C(=O)NC3CCOCC3)cc2F)OC1(C)C. The highest BCUT2D eigenvalue weighted by Crippen LogP contribution is 2.36. The molecule has 2 aliphatic heterocycles. The van der Waals surface area contributed by atoms with Crippen molar-refractivity contribution in [2.75, 3.05) is 13.2 Å². The highest BCUT2D eigenvalue weighted by Gasteiger charge is 2.52. The first-order chi connectivity index (χ1) is 11.7. The molecule has 7 heteroatoms. The van der Waals surface area contributed by atoms with E-state index in [0.717, 1.165) is 12.8 Å². The smallest absolute Gasteiger partial charge is 0.399 e. The Kier molecular flexibility index (Phi) is 4.92. The molecule has 0 saturated carbocycles. The van der Waals surface area contributed by atoms with Crippen molar-refractivity contribution in [2.45, 2.75) is 57.8 Å². The molecule has 1 aromatic rings. The molecular weight excluding hydrogens is 324 g/mol. The van der Waals surface area contributed by atoms with Gasteiger partial charge in [0.1, 0.15) is 5.82 Å². The average Bonchev–Trinajstić information content (AvgIpc) is 2.76. The van der Waals surface area contributed by atoms with Crippen molar-refractivity contribution in [3.05, 3.63) is 29.6 Å². The summed E-state index contributed by atoms with van der Waals surface area (Å²) in [4.78, 5) is 12.3. The number of benzene rings is 1. The van der Waals surface area contributed by atoms with E-state index in [9.17, 15) is 9.18 Å². The Morgan fingerprint density at radius 3 is 2.32 bits per heavy atom. The standard InChI is InChI=1S/C18H25BFNO4/c1-17(2)18(3,4)25-19(24-17)14-6-5-12(11-15(14)20)16(22)21-13-7-9-23-10-8-13/h5-6,11,13H,7-10H2,1-4H3,(H,21,22). The molecule has 2 heterocycles. The number of nitrogens with one attached hydrogen (secondary N) is 1. The van der Waals surface area contributed by atoms with Gasteiger partial charge >= 0.3 is 7.12 Å². The predicted octanol–water partition coefficient (Wildman–Crippen LogP) is 2.03. The van der Waals surface area contributed by atoms with Gasteiger partial charge in [-0.15, -0.1) is 0 Å². The molecule has 5 nitrogen and oxygen atoms in total. The molecule has 2 fully saturated rings. The molecule has 3 rings (SSSR count). The number of carbonyl (C=O) groups excluding carboxylic acids is 1. The van der Waals surface area contributed by atoms with Crippen LogP contribution in [0.15, 0.2) is 18.2 Å². The van der Waals surface area contributed by atoms with Gasteiger partial charge in [0, 0.05) is 30.3 Å². The van der Waals surface area contributed by atoms with E-state index in [-0.39, 0.29) is 11.9 Å². The first-order valence-corrected chi connectivity index (χ1v) is 8.73. The molecule has 136 valence electrons. The first kappa shape index (κ1) is 18.4. The fourth-order valence-electron chi connectivity index (χ4n) is 2.94. The van der Waals surface area contributed by atoms with Crippen LogP contribution in [0.25, 0.3) is 0 Å². The van der Waals surface area contributed by atoms with Crippen LogP contribution in [0.2, 0.25) is 0 Å². The molecule has 25 heavy (non-hydrogen) atoms. The van der Waals surface area contributed by atoms with Crippen molar-refractivity contribution in [2.24, 2.45) is 0 Å². The molecule has 0 unspecified atom stereocenters. The van der Waals surface area contributed by atoms with E-state index >= 15 is 0 Å². The third-order valence-corrected chi connectivity index (χ3v) is 5.33. The van der Waals surface area contributed by atoms with E-state index in [4.69, 9.17) is 14.0 Å². The quantitative estimate of drug-likeness (QED) is 0.849. The number of amides is 1. The molecule has 1 N–H and O–H groups in total. The maximum absolute atomic E-state index is 14.6. The molecule has 0 bridgehead atoms. The second-order valence-corrected chi connectivity index (χ2v) is 7.68. The number of rotatable bonds is 3. The lowest BCUT2D eigenvalue weighted by Gasteiger charge is -2.32. The third-order valence-electron chi connectivity index (χ3n) is 5.33. The summed E-state index contributed by atoms with van der Waals surface area (Å²) in [5.41, 5.74) is -0.475. The van der Waals surface area contributed by atoms with E-state index in [1.807, 2.05) is 27.7 Å². The van der Waals surface area contributed by atoms with Gasteiger partial charge < -0.3 is 19.4 Å². The molecule has 0 radical (unpaired) electrons. The fraction of sp³-hybridized carbons (Fsp3) is 0.611. The summed E-state index contributed by atoms with van der Waals surface area (Å²) in [6.45, 7) is 8.95. The lowest BCUT2D eigenvalue weighted by Crippen LogP contribution is -2.41. The van der Waals surface area contributed by atoms with Crippen LogP contribution >= 0.6 is 0 Å². The Bertz CT molecular complexity index is 642. The molecule has 0 aromatic heterocycles. The summed E-state index contributed by atoms with van der Waals surface area (Å²) in [5.74, 6) is -0.774. The van der Waals surface area contributed by atoms with E-state index in [0.29, 0.717) is 24.2 Å². The maximum atomic E-state index is 14.6. The average molecular weight is 349 g/mol. The Morgan fingerprint density at radius 2 is 1.76 bits per heavy atom. The minimum atomic E-state index is -0.780. The van der Waals surface area contributed by atoms with Gasteiger partial charge in [0.15, 0.2) is 0 Å². The van der Waals surface area contributed by atoms with Gasteiger partial charge in [0.2, 0.25) is 0 Å². The highest BCUT2D eigenvalue weighted by atomic mass is 19.1. The second kappa shape index (κ2) is 6.70. The van der Waals surface area contributed by atoms with Crippen LogP contribution < -0.4 is 10.8 Å². The Balaban J connectivity index is 1.72. The first-order valence-electron chi connectivity index (χ1n) is 8.73. The Labute approximate surface area is 148 Å². The van der Waals surface area contributed by atoms with Crippen molar-refractivity contribution < 1.29 is 23.2 Å². The van der Waals surface area contributed by atoms with Crippen molar-refractivity contribution >= 4 is 18.5 Å². The molecule has 1 amide bonds. The summed E-state index contributed by atoms with van der Waals surface area (Å²) >= 11 is 0. The van der Waals surface area contributed by atoms with Crippen LogP contribution in [0, 0.1) is 5.82 Å². The van der Waals surface area contributed by atoms with Crippen LogP contribution in [-0.4, -0.2) is 43.5 Å². The van der Waals surface area contributed by atoms with Crippen molar-refractivity contribution in [3.63, 3.8) is 0 Å². The van der Waals surface area contributed by atoms with E-state index in [1.54, 1.807) is 12.1 Å². The summed E-state index contributed by atoms with van der Waals surface area (Å²) in [6.07, 6.45) is 1.56. The summed E-state index contributed by atoms with van der Waals surface area (Å²) in [7, 11) is -0.780. The van der Waals surface area contributed by atoms with Crippen LogP contribution in [0.3, 0.4) is 0 Å². The number of ether oxygens (including phenoxy) is 1. The van der Waals surface area contributed by atoms with Gasteiger partial charge in [-0.05, 0) is 52.7 Å². The molecule has 0 spiro atoms. The van der Waals surface area contributed by atoms with Gasteiger partial charge in [-0.3, -0.25) is 4.79 Å². The minimum Gasteiger partial charge on any atom is -0.399 e. The lowest BCUT2D eigenvalue weighted by atomic mass is 9.78. The summed E-state index contributed by atoms with van der Waals surface area (Å²) in [5, 5.41) is 2.93. The van der Waals surface area contributed by atoms with Gasteiger partial charge in [0.25, 0.3) is 5.91 Å². The zero-order valence-corrected chi connectivity index (χ0v) is 15.2. The largest absolute Gasteiger partial charge is 0.497 e. The van der Waals surface area contributed by atoms with Crippen LogP contribution in [0.1, 0.15) is 50.9 Å². The minimum absolute atomic E-state index is 0.0760. The van der Waals surface area contributed by atoms with Crippen LogP contribution in [0.4, 0.5) is 4.39 Å². The maximum Gasteiger partial charge on any atom is 0.497 e. The molecular formula is C18H25BFNO4. The zero-order chi connectivity index (χ0) is 18.2. The normalized spacial score (nSPS) is 22.8. The Hall–Kier alpha value is -1.44. The van der Waals surface area contributed by atoms with E-state index < -0.39 is 24.1 Å². The topological polar surface area (TPSA) is 56.8 Å². The monoisotopic (exact) mass is 349 g/mol. The molecule has 2 aliphatic rings. The van der Waals surface area contributed by atoms with Crippen molar-refractivity contribution in [1.82, 2.24) is 5.32 Å². The van der Waals surface area contributed by atoms with Crippen LogP contribution in [0.5, 0.6) is 0 Å². The van der Waals surface area contributed by atoms with E-state index in [1.165, 1.54) is 6.07 Å². The summed E-state index contributed by atoms with van der Waals surface area (Å²) < 4.78 is 31.6. The summed E-state index contributed by atoms with van der Waals surface area (Å²) in [6, 6.07) is 4.50. The van der Waals surface area contributed by atoms with Gasteiger partial charge in [0.05, 0.1) is 11.2 Å². The molecule has 0 aliphatic carbocycles. The molecule has 1 aromatic carbocycles. The van der Waals surface area contributed by atoms with Crippen LogP contribution in [-0.2, 0) is 14.0 Å². The van der Waals surface area contributed by atoms with Gasteiger partial charge in [-0.25, -0.2) is 4.39 Å². The molecule has 2 saturated heterocycles. The third kappa shape index (κ3) is 3.73. The Morgan fingerprint density at radius 1 is 1.16 bits per heavy atom. The van der Waals surface area contributed by atoms with Gasteiger partial charge in [-0.1, -0.05) is 6.07 Å². The molecule has 0 atom stereocenters. The van der Waals surface area contributed by atoms with E-state index in [2.05, 4.69) is 5.32 Å². The number of hydrogen-bond donors (Lipinski definition) is 1. The predicted molar refractivity (Wildman–Crippen MR) is 93.4 cm³/mol. The zero-order valence-electron chi connectivity index (χ0n) is 15.2. The lowest BCUT2D eigenvalue weighted by molar-refractivity contribution is 0.00578. The second-order valence-electron chi connectivity index (χ2n) is 7.68. The number of hydrogen-bond acceptors (Lipinski definition) is 4. The number of halogens is 1. The number of carbonyl (C=O) groups is 1. The highest BCUT2D eigenvalue weighted by molar-refractivity contribution is 6.62. The fourth-order valence-corrected chi connectivity index (χ4v) is 2.94. The van der Waals surface area contributed by atoms with Gasteiger partial charge in [-0.2, -0.15) is 0 Å². The van der Waals surface area contributed by atoms with Crippen molar-refractivity contribution in [1.29, 1.82) is 0 Å².